The molecule has 31 heavy (non-hydrogen) atoms. The van der Waals surface area contributed by atoms with Crippen LogP contribution in [0.15, 0.2) is 47.5 Å². The largest absolute Gasteiger partial charge is 0.493 e. The van der Waals surface area contributed by atoms with E-state index in [0.717, 1.165) is 41.2 Å². The quantitative estimate of drug-likeness (QED) is 0.307. The van der Waals surface area contributed by atoms with Crippen LogP contribution in [0, 0.1) is 5.92 Å². The Morgan fingerprint density at radius 1 is 1.10 bits per heavy atom. The highest BCUT2D eigenvalue weighted by molar-refractivity contribution is 5.91. The van der Waals surface area contributed by atoms with Crippen LogP contribution in [0.3, 0.4) is 0 Å². The van der Waals surface area contributed by atoms with Crippen LogP contribution in [0.5, 0.6) is 11.5 Å². The summed E-state index contributed by atoms with van der Waals surface area (Å²) < 4.78 is 17.1. The average Bonchev–Trinajstić information content (AvgIpc) is 3.58. The number of ether oxygens (including phenoxy) is 3. The minimum absolute atomic E-state index is 0.216. The summed E-state index contributed by atoms with van der Waals surface area (Å²) in [6.45, 7) is 1.94. The first-order valence-electron chi connectivity index (χ1n) is 10.7. The van der Waals surface area contributed by atoms with E-state index in [2.05, 4.69) is 4.99 Å². The Hall–Kier alpha value is -3.06. The molecule has 0 aliphatic heterocycles. The van der Waals surface area contributed by atoms with Gasteiger partial charge in [0.2, 0.25) is 5.91 Å². The van der Waals surface area contributed by atoms with E-state index in [1.165, 1.54) is 12.8 Å². The summed E-state index contributed by atoms with van der Waals surface area (Å²) in [6, 6.07) is 14.1. The molecule has 7 heteroatoms. The van der Waals surface area contributed by atoms with E-state index >= 15 is 0 Å². The van der Waals surface area contributed by atoms with Crippen molar-refractivity contribution in [3.8, 4) is 22.6 Å². The number of aliphatic imine (C=N–C) groups is 1. The molecule has 2 aromatic carbocycles. The average molecular weight is 426 g/mol. The van der Waals surface area contributed by atoms with E-state index < -0.39 is 0 Å². The molecule has 7 nitrogen and oxygen atoms in total. The second-order valence-electron chi connectivity index (χ2n) is 7.74. The third-order valence-electron chi connectivity index (χ3n) is 5.01. The number of amides is 1. The molecule has 0 atom stereocenters. The molecular formula is C24H31N3O4. The van der Waals surface area contributed by atoms with Gasteiger partial charge in [-0.25, -0.2) is 0 Å². The Morgan fingerprint density at radius 2 is 1.94 bits per heavy atom. The van der Waals surface area contributed by atoms with Gasteiger partial charge in [0, 0.05) is 32.1 Å². The summed E-state index contributed by atoms with van der Waals surface area (Å²) in [7, 11) is 1.67. The lowest BCUT2D eigenvalue weighted by molar-refractivity contribution is -0.117. The molecule has 0 radical (unpaired) electrons. The lowest BCUT2D eigenvalue weighted by atomic mass is 10.0. The molecule has 1 amide bonds. The van der Waals surface area contributed by atoms with Gasteiger partial charge in [-0.2, -0.15) is 4.99 Å². The first-order valence-corrected chi connectivity index (χ1v) is 10.7. The number of carbonyl (C=O) groups is 1. The molecule has 0 aromatic heterocycles. The summed E-state index contributed by atoms with van der Waals surface area (Å²) in [5, 5.41) is 0. The zero-order valence-electron chi connectivity index (χ0n) is 18.0. The molecule has 4 N–H and O–H groups in total. The van der Waals surface area contributed by atoms with E-state index in [1.807, 2.05) is 42.5 Å². The van der Waals surface area contributed by atoms with Gasteiger partial charge < -0.3 is 25.7 Å². The second-order valence-corrected chi connectivity index (χ2v) is 7.74. The van der Waals surface area contributed by atoms with Gasteiger partial charge in [-0.05, 0) is 54.5 Å². The molecule has 0 spiro atoms. The van der Waals surface area contributed by atoms with Crippen LogP contribution in [0.25, 0.3) is 11.1 Å². The number of benzene rings is 2. The number of hydrogen-bond donors (Lipinski definition) is 2. The molecule has 1 fully saturated rings. The second kappa shape index (κ2) is 11.4. The highest BCUT2D eigenvalue weighted by Crippen LogP contribution is 2.34. The third-order valence-corrected chi connectivity index (χ3v) is 5.01. The van der Waals surface area contributed by atoms with Crippen molar-refractivity contribution in [2.45, 2.75) is 32.1 Å². The van der Waals surface area contributed by atoms with Gasteiger partial charge in [-0.3, -0.25) is 4.79 Å². The molecule has 166 valence electrons. The standard InChI is InChI=1S/C24H31N3O4/c1-29-12-3-13-30-22-14-17(9-11-23(28)27-24(25)26)8-10-21(22)19-4-2-5-20(15-19)31-16-18-6-7-18/h2,4-5,8,10,14-15,18H,3,6-7,9,11-13,16H2,1H3,(H4,25,26,27,28). The number of rotatable bonds is 12. The van der Waals surface area contributed by atoms with Crippen molar-refractivity contribution in [2.75, 3.05) is 26.9 Å². The minimum atomic E-state index is -0.341. The molecule has 0 saturated heterocycles. The Labute approximate surface area is 183 Å². The Morgan fingerprint density at radius 3 is 2.68 bits per heavy atom. The maximum atomic E-state index is 11.8. The molecule has 0 heterocycles. The minimum Gasteiger partial charge on any atom is -0.493 e. The number of aryl methyl sites for hydroxylation is 1. The van der Waals surface area contributed by atoms with Gasteiger partial charge in [-0.1, -0.05) is 24.3 Å². The predicted molar refractivity (Wildman–Crippen MR) is 121 cm³/mol. The van der Waals surface area contributed by atoms with E-state index in [4.69, 9.17) is 25.7 Å². The maximum absolute atomic E-state index is 11.8. The van der Waals surface area contributed by atoms with E-state index in [0.29, 0.717) is 25.6 Å². The zero-order valence-corrected chi connectivity index (χ0v) is 18.0. The summed E-state index contributed by atoms with van der Waals surface area (Å²) in [4.78, 5) is 15.4. The fraction of sp³-hybridized carbons (Fsp3) is 0.417. The Bertz CT molecular complexity index is 905. The van der Waals surface area contributed by atoms with Crippen molar-refractivity contribution in [3.05, 3.63) is 48.0 Å². The summed E-state index contributed by atoms with van der Waals surface area (Å²) >= 11 is 0. The summed E-state index contributed by atoms with van der Waals surface area (Å²) in [5.41, 5.74) is 13.5. The molecule has 3 rings (SSSR count). The first-order chi connectivity index (χ1) is 15.0. The number of carbonyl (C=O) groups excluding carboxylic acids is 1. The first kappa shape index (κ1) is 22.6. The van der Waals surface area contributed by atoms with Crippen molar-refractivity contribution in [1.29, 1.82) is 0 Å². The Kier molecular flexibility index (Phi) is 8.29. The number of guanidine groups is 1. The van der Waals surface area contributed by atoms with Gasteiger partial charge in [0.15, 0.2) is 5.96 Å². The molecular weight excluding hydrogens is 394 g/mol. The van der Waals surface area contributed by atoms with Crippen molar-refractivity contribution >= 4 is 11.9 Å². The Balaban J connectivity index is 1.76. The van der Waals surface area contributed by atoms with Crippen LogP contribution >= 0.6 is 0 Å². The molecule has 0 bridgehead atoms. The van der Waals surface area contributed by atoms with Crippen LogP contribution in [0.2, 0.25) is 0 Å². The van der Waals surface area contributed by atoms with Crippen LogP contribution in [0.1, 0.15) is 31.2 Å². The van der Waals surface area contributed by atoms with Crippen LogP contribution in [-0.4, -0.2) is 38.8 Å². The normalized spacial score (nSPS) is 12.9. The van der Waals surface area contributed by atoms with Crippen LogP contribution in [0.4, 0.5) is 0 Å². The van der Waals surface area contributed by atoms with Gasteiger partial charge in [-0.15, -0.1) is 0 Å². The van der Waals surface area contributed by atoms with Crippen molar-refractivity contribution in [3.63, 3.8) is 0 Å². The SMILES string of the molecule is COCCCOc1cc(CCC(=O)N=C(N)N)ccc1-c1cccc(OCC2CC2)c1. The summed E-state index contributed by atoms with van der Waals surface area (Å²) in [5.74, 6) is 1.77. The molecule has 1 aliphatic carbocycles. The van der Waals surface area contributed by atoms with Gasteiger partial charge in [0.05, 0.1) is 13.2 Å². The zero-order chi connectivity index (χ0) is 22.1. The summed E-state index contributed by atoms with van der Waals surface area (Å²) in [6.07, 6.45) is 4.05. The van der Waals surface area contributed by atoms with Gasteiger partial charge >= 0.3 is 0 Å². The number of nitrogens with two attached hydrogens (primary N) is 2. The smallest absolute Gasteiger partial charge is 0.249 e. The third kappa shape index (κ3) is 7.61. The number of nitrogens with zero attached hydrogens (tertiary/aromatic N) is 1. The number of hydrogen-bond acceptors (Lipinski definition) is 4. The number of methoxy groups -OCH3 is 1. The van der Waals surface area contributed by atoms with Crippen LogP contribution < -0.4 is 20.9 Å². The topological polar surface area (TPSA) is 109 Å². The molecule has 2 aromatic rings. The fourth-order valence-electron chi connectivity index (χ4n) is 3.17. The highest BCUT2D eigenvalue weighted by atomic mass is 16.5. The molecule has 0 unspecified atom stereocenters. The lowest BCUT2D eigenvalue weighted by Crippen LogP contribution is -2.24. The van der Waals surface area contributed by atoms with Crippen molar-refractivity contribution < 1.29 is 19.0 Å². The lowest BCUT2D eigenvalue weighted by Gasteiger charge is -2.15. The van der Waals surface area contributed by atoms with E-state index in [1.54, 1.807) is 7.11 Å². The van der Waals surface area contributed by atoms with Crippen molar-refractivity contribution in [1.82, 2.24) is 0 Å². The monoisotopic (exact) mass is 425 g/mol. The predicted octanol–water partition coefficient (Wildman–Crippen LogP) is 3.29. The molecule has 1 aliphatic rings. The highest BCUT2D eigenvalue weighted by Gasteiger charge is 2.22. The van der Waals surface area contributed by atoms with E-state index in [9.17, 15) is 4.79 Å². The molecule has 1 saturated carbocycles. The van der Waals surface area contributed by atoms with Crippen molar-refractivity contribution in [2.24, 2.45) is 22.4 Å². The maximum Gasteiger partial charge on any atom is 0.249 e. The van der Waals surface area contributed by atoms with Gasteiger partial charge in [0.1, 0.15) is 11.5 Å². The van der Waals surface area contributed by atoms with Crippen LogP contribution in [-0.2, 0) is 16.0 Å². The van der Waals surface area contributed by atoms with E-state index in [-0.39, 0.29) is 18.3 Å². The van der Waals surface area contributed by atoms with Gasteiger partial charge in [0.25, 0.3) is 0 Å². The fourth-order valence-corrected chi connectivity index (χ4v) is 3.17.